The van der Waals surface area contributed by atoms with Crippen LogP contribution in [0.4, 0.5) is 5.82 Å². The lowest BCUT2D eigenvalue weighted by atomic mass is 9.51. The second-order valence-electron chi connectivity index (χ2n) is 14.3. The molecule has 4 aliphatic rings. The number of phenolic OH excluding ortho intramolecular Hbond substituents is 1. The number of amides is 4. The summed E-state index contributed by atoms with van der Waals surface area (Å²) in [6, 6.07) is 12.2. The molecule has 2 aliphatic heterocycles. The second kappa shape index (κ2) is 12.0. The molecule has 0 radical (unpaired) electrons. The first kappa shape index (κ1) is 34.1. The molecular weight excluding hydrogens is 708 g/mol. The van der Waals surface area contributed by atoms with Crippen LogP contribution in [-0.4, -0.2) is 68.1 Å². The third-order valence-electron chi connectivity index (χ3n) is 11.7. The molecule has 3 fully saturated rings. The van der Waals surface area contributed by atoms with E-state index in [-0.39, 0.29) is 37.4 Å². The Hall–Kier alpha value is -5.01. The Bertz CT molecular complexity index is 2290. The molecule has 0 spiro atoms. The number of aliphatic carboxylic acids is 1. The summed E-state index contributed by atoms with van der Waals surface area (Å²) in [5.41, 5.74) is 1.28. The first-order valence-corrected chi connectivity index (χ1v) is 18.2. The molecule has 1 saturated carbocycles. The van der Waals surface area contributed by atoms with Crippen LogP contribution in [0.5, 0.6) is 11.5 Å². The number of carboxylic acids is 1. The Morgan fingerprint density at radius 1 is 1.08 bits per heavy atom. The molecule has 2 aliphatic carbocycles. The van der Waals surface area contributed by atoms with Crippen LogP contribution in [0.1, 0.15) is 43.2 Å². The summed E-state index contributed by atoms with van der Waals surface area (Å²) in [7, 11) is 3.15. The van der Waals surface area contributed by atoms with Gasteiger partial charge in [-0.25, -0.2) is 4.90 Å². The van der Waals surface area contributed by atoms with Crippen LogP contribution in [0.25, 0.3) is 20.7 Å². The molecule has 2 N–H and O–H groups in total. The zero-order chi connectivity index (χ0) is 37.0. The minimum atomic E-state index is -1.39. The molecule has 4 heterocycles. The lowest BCUT2D eigenvalue weighted by Gasteiger charge is -2.49. The van der Waals surface area contributed by atoms with Gasteiger partial charge in [0.15, 0.2) is 0 Å². The van der Waals surface area contributed by atoms with Crippen LogP contribution in [-0.2, 0) is 31.0 Å². The summed E-state index contributed by atoms with van der Waals surface area (Å²) in [6.45, 7) is 3.48. The number of ether oxygens (including phenoxy) is 1. The number of phenols is 1. The quantitative estimate of drug-likeness (QED) is 0.179. The number of aromatic nitrogens is 2. The molecule has 268 valence electrons. The minimum Gasteiger partial charge on any atom is -0.508 e. The van der Waals surface area contributed by atoms with E-state index < -0.39 is 64.6 Å². The van der Waals surface area contributed by atoms with Gasteiger partial charge in [0.25, 0.3) is 0 Å². The number of halogens is 1. The van der Waals surface area contributed by atoms with E-state index in [1.165, 1.54) is 34.1 Å². The number of carbonyl (C=O) groups excluding carboxylic acids is 4. The standard InChI is InChI=1S/C38H35ClN4O8S/c1-17-23-13-18(39)5-10-28(23)52-33(17)26-16-29(41(3)40-26)43-35(48)25-15-24-20(8-9-22-31(24)36(49)42(34(22)47)12-11-30(45)46)32(38(25,2)37(43)50)21-7-6-19(51-4)14-27(21)44/h5-8,10,13-14,16,22,24-25,31-32,44H,9,11-12,15H2,1-4H3,(H,45,46). The number of aromatic hydroxyl groups is 1. The minimum absolute atomic E-state index is 0.116. The Morgan fingerprint density at radius 3 is 2.56 bits per heavy atom. The van der Waals surface area contributed by atoms with Gasteiger partial charge in [0.1, 0.15) is 23.0 Å². The highest BCUT2D eigenvalue weighted by Gasteiger charge is 2.68. The van der Waals surface area contributed by atoms with Crippen LogP contribution in [0.3, 0.4) is 0 Å². The molecule has 2 saturated heterocycles. The summed E-state index contributed by atoms with van der Waals surface area (Å²) in [6.07, 6.45) is 1.82. The van der Waals surface area contributed by atoms with Gasteiger partial charge in [-0.05, 0) is 67.8 Å². The van der Waals surface area contributed by atoms with E-state index in [0.29, 0.717) is 27.6 Å². The van der Waals surface area contributed by atoms with Crippen LogP contribution in [0.15, 0.2) is 54.1 Å². The number of nitrogens with zero attached hydrogens (tertiary/aromatic N) is 4. The van der Waals surface area contributed by atoms with Gasteiger partial charge in [0.05, 0.1) is 41.6 Å². The predicted octanol–water partition coefficient (Wildman–Crippen LogP) is 5.68. The zero-order valence-electron chi connectivity index (χ0n) is 28.8. The lowest BCUT2D eigenvalue weighted by molar-refractivity contribution is -0.142. The van der Waals surface area contributed by atoms with Gasteiger partial charge in [-0.15, -0.1) is 11.3 Å². The third-order valence-corrected chi connectivity index (χ3v) is 13.2. The molecule has 4 amide bonds. The number of allylic oxidation sites excluding steroid dienone is 2. The Morgan fingerprint density at radius 2 is 1.85 bits per heavy atom. The monoisotopic (exact) mass is 742 g/mol. The van der Waals surface area contributed by atoms with Crippen LogP contribution in [0.2, 0.25) is 5.02 Å². The zero-order valence-corrected chi connectivity index (χ0v) is 30.3. The van der Waals surface area contributed by atoms with Crippen molar-refractivity contribution >= 4 is 68.4 Å². The number of aryl methyl sites for hydroxylation is 2. The summed E-state index contributed by atoms with van der Waals surface area (Å²) < 4.78 is 7.88. The van der Waals surface area contributed by atoms with E-state index in [1.54, 1.807) is 32.2 Å². The van der Waals surface area contributed by atoms with Crippen molar-refractivity contribution in [3.63, 3.8) is 0 Å². The van der Waals surface area contributed by atoms with Crippen molar-refractivity contribution in [2.75, 3.05) is 18.6 Å². The van der Waals surface area contributed by atoms with E-state index in [1.807, 2.05) is 31.2 Å². The van der Waals surface area contributed by atoms with Crippen molar-refractivity contribution in [3.05, 3.63) is 70.3 Å². The van der Waals surface area contributed by atoms with Gasteiger partial charge in [0.2, 0.25) is 23.6 Å². The number of carboxylic acid groups (broad SMARTS) is 1. The molecule has 52 heavy (non-hydrogen) atoms. The Labute approximate surface area is 307 Å². The number of imide groups is 2. The van der Waals surface area contributed by atoms with Gasteiger partial charge in [0, 0.05) is 46.9 Å². The van der Waals surface area contributed by atoms with Crippen molar-refractivity contribution in [2.24, 2.45) is 36.1 Å². The molecule has 4 aromatic rings. The first-order chi connectivity index (χ1) is 24.8. The fourth-order valence-electron chi connectivity index (χ4n) is 9.18. The van der Waals surface area contributed by atoms with Crippen molar-refractivity contribution < 1.29 is 38.9 Å². The van der Waals surface area contributed by atoms with Crippen molar-refractivity contribution in [1.29, 1.82) is 0 Å². The molecule has 6 unspecified atom stereocenters. The number of hydrogen-bond acceptors (Lipinski definition) is 9. The number of likely N-dealkylation sites (tertiary alicyclic amines) is 1. The molecule has 12 nitrogen and oxygen atoms in total. The van der Waals surface area contributed by atoms with E-state index >= 15 is 0 Å². The molecule has 8 rings (SSSR count). The first-order valence-electron chi connectivity index (χ1n) is 17.0. The number of anilines is 1. The highest BCUT2D eigenvalue weighted by atomic mass is 35.5. The summed E-state index contributed by atoms with van der Waals surface area (Å²) in [4.78, 5) is 71.6. The molecule has 0 bridgehead atoms. The largest absolute Gasteiger partial charge is 0.508 e. The molecule has 2 aromatic heterocycles. The number of thiophene rings is 1. The number of carbonyl (C=O) groups is 5. The van der Waals surface area contributed by atoms with Gasteiger partial charge >= 0.3 is 5.97 Å². The highest BCUT2D eigenvalue weighted by molar-refractivity contribution is 7.22. The summed E-state index contributed by atoms with van der Waals surface area (Å²) in [5, 5.41) is 27.1. The average molecular weight is 743 g/mol. The predicted molar refractivity (Wildman–Crippen MR) is 192 cm³/mol. The third kappa shape index (κ3) is 4.78. The number of benzene rings is 2. The molecule has 6 atom stereocenters. The molecule has 14 heteroatoms. The Kier molecular flexibility index (Phi) is 7.88. The average Bonchev–Trinajstić information content (AvgIpc) is 3.77. The van der Waals surface area contributed by atoms with Gasteiger partial charge < -0.3 is 14.9 Å². The van der Waals surface area contributed by atoms with Crippen molar-refractivity contribution in [3.8, 4) is 22.1 Å². The summed E-state index contributed by atoms with van der Waals surface area (Å²) in [5.74, 6) is -6.31. The number of hydrogen-bond donors (Lipinski definition) is 2. The van der Waals surface area contributed by atoms with Crippen LogP contribution < -0.4 is 9.64 Å². The maximum atomic E-state index is 15.0. The fraction of sp³-hybridized carbons (Fsp3) is 0.368. The van der Waals surface area contributed by atoms with E-state index in [9.17, 15) is 34.2 Å². The Balaban J connectivity index is 1.24. The smallest absolute Gasteiger partial charge is 0.305 e. The SMILES string of the molecule is COc1ccc(C2C3=CCC4C(=O)N(CCC(=O)O)C(=O)C4C3CC3C(=O)N(c4cc(-c5sc6ccc(Cl)cc6c5C)nn4C)C(=O)C32C)c(O)c1. The fourth-order valence-corrected chi connectivity index (χ4v) is 10.5. The lowest BCUT2D eigenvalue weighted by Crippen LogP contribution is -2.49. The van der Waals surface area contributed by atoms with Gasteiger partial charge in [-0.1, -0.05) is 29.3 Å². The van der Waals surface area contributed by atoms with Crippen molar-refractivity contribution in [2.45, 2.75) is 39.0 Å². The highest BCUT2D eigenvalue weighted by Crippen LogP contribution is 2.64. The summed E-state index contributed by atoms with van der Waals surface area (Å²) >= 11 is 7.83. The van der Waals surface area contributed by atoms with Gasteiger partial charge in [-0.2, -0.15) is 5.10 Å². The van der Waals surface area contributed by atoms with Crippen molar-refractivity contribution in [1.82, 2.24) is 14.7 Å². The maximum Gasteiger partial charge on any atom is 0.305 e. The molecular formula is C38H35ClN4O8S. The topological polar surface area (TPSA) is 159 Å². The van der Waals surface area contributed by atoms with E-state index in [4.69, 9.17) is 21.4 Å². The van der Waals surface area contributed by atoms with E-state index in [0.717, 1.165) is 25.4 Å². The van der Waals surface area contributed by atoms with Crippen LogP contribution >= 0.6 is 22.9 Å². The number of fused-ring (bicyclic) bond motifs is 5. The number of rotatable bonds is 7. The van der Waals surface area contributed by atoms with Gasteiger partial charge in [-0.3, -0.25) is 33.6 Å². The van der Waals surface area contributed by atoms with E-state index in [2.05, 4.69) is 0 Å². The second-order valence-corrected chi connectivity index (χ2v) is 15.8. The van der Waals surface area contributed by atoms with Crippen LogP contribution in [0, 0.1) is 36.0 Å². The maximum absolute atomic E-state index is 15.0. The molecule has 2 aromatic carbocycles. The normalized spacial score (nSPS) is 26.9. The number of methoxy groups -OCH3 is 1.